The van der Waals surface area contributed by atoms with Crippen molar-refractivity contribution in [1.29, 1.82) is 0 Å². The number of carbonyl (C=O) groups is 2. The molecule has 2 amide bonds. The van der Waals surface area contributed by atoms with Crippen LogP contribution >= 0.6 is 0 Å². The molecule has 3 rings (SSSR count). The number of hydrogen-bond donors (Lipinski definition) is 1. The van der Waals surface area contributed by atoms with Crippen molar-refractivity contribution in [3.8, 4) is 5.75 Å². The van der Waals surface area contributed by atoms with Gasteiger partial charge >= 0.3 is 0 Å². The number of hydrogen-bond acceptors (Lipinski definition) is 3. The van der Waals surface area contributed by atoms with E-state index >= 15 is 0 Å². The molecule has 1 saturated heterocycles. The Balaban J connectivity index is 1.61. The molecule has 0 bridgehead atoms. The Labute approximate surface area is 160 Å². The van der Waals surface area contributed by atoms with Crippen molar-refractivity contribution >= 4 is 11.8 Å². The van der Waals surface area contributed by atoms with Gasteiger partial charge in [-0.05, 0) is 23.6 Å². The van der Waals surface area contributed by atoms with Crippen molar-refractivity contribution in [3.63, 3.8) is 0 Å². The minimum atomic E-state index is 0.00894. The summed E-state index contributed by atoms with van der Waals surface area (Å²) >= 11 is 0. The van der Waals surface area contributed by atoms with Crippen molar-refractivity contribution < 1.29 is 14.3 Å². The maximum Gasteiger partial charge on any atom is 0.255 e. The summed E-state index contributed by atoms with van der Waals surface area (Å²) in [6.45, 7) is 6.49. The molecule has 6 nitrogen and oxygen atoms in total. The predicted octanol–water partition coefficient (Wildman–Crippen LogP) is 2.67. The fourth-order valence-electron chi connectivity index (χ4n) is 3.37. The maximum atomic E-state index is 12.8. The number of ether oxygens (including phenoxy) is 1. The van der Waals surface area contributed by atoms with E-state index < -0.39 is 0 Å². The van der Waals surface area contributed by atoms with E-state index in [0.29, 0.717) is 44.1 Å². The molecule has 0 unspecified atom stereocenters. The topological polar surface area (TPSA) is 65.6 Å². The zero-order valence-electron chi connectivity index (χ0n) is 16.2. The van der Waals surface area contributed by atoms with Gasteiger partial charge in [0.25, 0.3) is 5.91 Å². The van der Waals surface area contributed by atoms with E-state index in [9.17, 15) is 9.59 Å². The number of aromatic nitrogens is 1. The van der Waals surface area contributed by atoms with Crippen LogP contribution in [0.3, 0.4) is 0 Å². The first kappa shape index (κ1) is 19.0. The fraction of sp³-hybridized carbons (Fsp3) is 0.429. The Hall–Kier alpha value is -2.76. The highest BCUT2D eigenvalue weighted by Crippen LogP contribution is 2.25. The lowest BCUT2D eigenvalue weighted by molar-refractivity contribution is -0.131. The number of piperazine rings is 1. The largest absolute Gasteiger partial charge is 0.496 e. The molecule has 0 atom stereocenters. The molecule has 0 radical (unpaired) electrons. The first-order valence-corrected chi connectivity index (χ1v) is 9.36. The van der Waals surface area contributed by atoms with Crippen LogP contribution in [0.2, 0.25) is 0 Å². The summed E-state index contributed by atoms with van der Waals surface area (Å²) in [4.78, 5) is 31.7. The van der Waals surface area contributed by atoms with Gasteiger partial charge in [0.1, 0.15) is 5.75 Å². The van der Waals surface area contributed by atoms with Crippen LogP contribution in [-0.2, 0) is 11.2 Å². The molecule has 2 heterocycles. The highest BCUT2D eigenvalue weighted by atomic mass is 16.5. The van der Waals surface area contributed by atoms with E-state index in [2.05, 4.69) is 24.9 Å². The average Bonchev–Trinajstić information content (AvgIpc) is 3.22. The van der Waals surface area contributed by atoms with Crippen molar-refractivity contribution in [2.75, 3.05) is 33.3 Å². The van der Waals surface area contributed by atoms with Crippen molar-refractivity contribution in [2.24, 2.45) is 0 Å². The molecule has 2 aromatic rings. The van der Waals surface area contributed by atoms with E-state index in [4.69, 9.17) is 4.74 Å². The molecule has 1 aromatic heterocycles. The van der Waals surface area contributed by atoms with Crippen molar-refractivity contribution in [3.05, 3.63) is 53.3 Å². The predicted molar refractivity (Wildman–Crippen MR) is 104 cm³/mol. The van der Waals surface area contributed by atoms with E-state index in [0.717, 1.165) is 11.3 Å². The summed E-state index contributed by atoms with van der Waals surface area (Å²) in [5, 5.41) is 0. The van der Waals surface area contributed by atoms with E-state index in [1.165, 1.54) is 5.56 Å². The normalized spacial score (nSPS) is 14.5. The third-order valence-corrected chi connectivity index (χ3v) is 5.08. The summed E-state index contributed by atoms with van der Waals surface area (Å²) < 4.78 is 5.43. The number of amides is 2. The van der Waals surface area contributed by atoms with Crippen LogP contribution in [0.15, 0.2) is 36.7 Å². The molecule has 0 saturated carbocycles. The Morgan fingerprint density at radius 2 is 1.81 bits per heavy atom. The van der Waals surface area contributed by atoms with Gasteiger partial charge in [-0.15, -0.1) is 0 Å². The van der Waals surface area contributed by atoms with Gasteiger partial charge in [-0.25, -0.2) is 0 Å². The molecule has 1 N–H and O–H groups in total. The van der Waals surface area contributed by atoms with Crippen LogP contribution in [0, 0.1) is 0 Å². The second-order valence-corrected chi connectivity index (χ2v) is 7.18. The summed E-state index contributed by atoms with van der Waals surface area (Å²) in [5.74, 6) is 1.22. The average molecular weight is 369 g/mol. The van der Waals surface area contributed by atoms with E-state index in [1.807, 2.05) is 17.0 Å². The number of rotatable bonds is 5. The van der Waals surface area contributed by atoms with Gasteiger partial charge in [0.15, 0.2) is 0 Å². The van der Waals surface area contributed by atoms with Crippen LogP contribution < -0.4 is 4.74 Å². The number of benzene rings is 1. The highest BCUT2D eigenvalue weighted by Gasteiger charge is 2.25. The van der Waals surface area contributed by atoms with E-state index in [-0.39, 0.29) is 11.8 Å². The van der Waals surface area contributed by atoms with Gasteiger partial charge in [-0.1, -0.05) is 26.0 Å². The van der Waals surface area contributed by atoms with Gasteiger partial charge in [-0.3, -0.25) is 9.59 Å². The molecule has 27 heavy (non-hydrogen) atoms. The fourth-order valence-corrected chi connectivity index (χ4v) is 3.37. The second kappa shape index (κ2) is 8.29. The first-order chi connectivity index (χ1) is 13.0. The zero-order valence-corrected chi connectivity index (χ0v) is 16.2. The lowest BCUT2D eigenvalue weighted by atomic mass is 9.98. The SMILES string of the molecule is COc1ccc(C(C)C)cc1CC(=O)N1CCN(C(=O)c2cc[nH]c2)CC1. The van der Waals surface area contributed by atoms with Crippen LogP contribution in [0.1, 0.15) is 41.3 Å². The van der Waals surface area contributed by atoms with Gasteiger partial charge in [0.05, 0.1) is 19.1 Å². The lowest BCUT2D eigenvalue weighted by Crippen LogP contribution is -2.51. The zero-order chi connectivity index (χ0) is 19.4. The summed E-state index contributed by atoms with van der Waals surface area (Å²) in [6.07, 6.45) is 3.76. The summed E-state index contributed by atoms with van der Waals surface area (Å²) in [7, 11) is 1.63. The molecule has 0 aliphatic carbocycles. The Morgan fingerprint density at radius 3 is 2.41 bits per heavy atom. The standard InChI is InChI=1S/C21H27N3O3/c1-15(2)16-4-5-19(27-3)18(12-16)13-20(25)23-8-10-24(11-9-23)21(26)17-6-7-22-14-17/h4-7,12,14-15,22H,8-11,13H2,1-3H3. The third-order valence-electron chi connectivity index (χ3n) is 5.08. The van der Waals surface area contributed by atoms with E-state index in [1.54, 1.807) is 30.5 Å². The molecule has 1 fully saturated rings. The van der Waals surface area contributed by atoms with Gasteiger partial charge in [0.2, 0.25) is 5.91 Å². The maximum absolute atomic E-state index is 12.8. The van der Waals surface area contributed by atoms with Gasteiger partial charge in [0, 0.05) is 44.1 Å². The van der Waals surface area contributed by atoms with Crippen LogP contribution in [0.25, 0.3) is 0 Å². The van der Waals surface area contributed by atoms with Crippen LogP contribution in [0.4, 0.5) is 0 Å². The molecule has 0 spiro atoms. The highest BCUT2D eigenvalue weighted by molar-refractivity contribution is 5.94. The molecule has 6 heteroatoms. The monoisotopic (exact) mass is 369 g/mol. The summed E-state index contributed by atoms with van der Waals surface area (Å²) in [5.41, 5.74) is 2.77. The number of H-pyrrole nitrogens is 1. The Morgan fingerprint density at radius 1 is 1.11 bits per heavy atom. The third kappa shape index (κ3) is 4.32. The smallest absolute Gasteiger partial charge is 0.255 e. The van der Waals surface area contributed by atoms with Crippen LogP contribution in [-0.4, -0.2) is 59.9 Å². The Kier molecular flexibility index (Phi) is 5.84. The van der Waals surface area contributed by atoms with Crippen molar-refractivity contribution in [1.82, 2.24) is 14.8 Å². The number of methoxy groups -OCH3 is 1. The molecule has 1 aliphatic rings. The van der Waals surface area contributed by atoms with Gasteiger partial charge in [-0.2, -0.15) is 0 Å². The second-order valence-electron chi connectivity index (χ2n) is 7.18. The minimum Gasteiger partial charge on any atom is -0.496 e. The minimum absolute atomic E-state index is 0.00894. The number of carbonyl (C=O) groups excluding carboxylic acids is 2. The van der Waals surface area contributed by atoms with Crippen molar-refractivity contribution in [2.45, 2.75) is 26.2 Å². The number of nitrogens with zero attached hydrogens (tertiary/aromatic N) is 2. The molecule has 1 aromatic carbocycles. The molecule has 144 valence electrons. The Bertz CT molecular complexity index is 791. The molecule has 1 aliphatic heterocycles. The quantitative estimate of drug-likeness (QED) is 0.881. The summed E-state index contributed by atoms with van der Waals surface area (Å²) in [6, 6.07) is 7.81. The molecular formula is C21H27N3O3. The number of nitrogens with one attached hydrogen (secondary N) is 1. The first-order valence-electron chi connectivity index (χ1n) is 9.36. The lowest BCUT2D eigenvalue weighted by Gasteiger charge is -2.34. The van der Waals surface area contributed by atoms with Gasteiger partial charge < -0.3 is 19.5 Å². The van der Waals surface area contributed by atoms with Crippen LogP contribution in [0.5, 0.6) is 5.75 Å². The molecular weight excluding hydrogens is 342 g/mol. The number of aromatic amines is 1.